The molecule has 0 aromatic heterocycles. The number of sulfonamides is 1. The molecule has 1 fully saturated rings. The molecule has 3 N–H and O–H groups in total. The summed E-state index contributed by atoms with van der Waals surface area (Å²) in [7, 11) is -4.07. The molecule has 2 rings (SSSR count). The average Bonchev–Trinajstić information content (AvgIpc) is 2.63. The molecular formula is C20H28N2O7S. The van der Waals surface area contributed by atoms with E-state index < -0.39 is 39.3 Å². The van der Waals surface area contributed by atoms with Crippen LogP contribution < -0.4 is 10.2 Å². The van der Waals surface area contributed by atoms with Crippen molar-refractivity contribution in [3.8, 4) is 17.6 Å². The van der Waals surface area contributed by atoms with Crippen LogP contribution in [0, 0.1) is 11.8 Å². The summed E-state index contributed by atoms with van der Waals surface area (Å²) in [6.07, 6.45) is -0.450. The molecule has 2 atom stereocenters. The maximum Gasteiger partial charge on any atom is 0.264 e. The molecule has 1 aliphatic rings. The van der Waals surface area contributed by atoms with Crippen LogP contribution in [0.1, 0.15) is 34.6 Å². The number of amides is 1. The van der Waals surface area contributed by atoms with Gasteiger partial charge in [-0.25, -0.2) is 13.9 Å². The Kier molecular flexibility index (Phi) is 7.16. The van der Waals surface area contributed by atoms with E-state index in [0.29, 0.717) is 5.75 Å². The van der Waals surface area contributed by atoms with Gasteiger partial charge in [0, 0.05) is 6.54 Å². The topological polar surface area (TPSA) is 125 Å². The zero-order valence-corrected chi connectivity index (χ0v) is 18.5. The predicted octanol–water partition coefficient (Wildman–Crippen LogP) is 0.902. The van der Waals surface area contributed by atoms with Crippen LogP contribution in [0.3, 0.4) is 0 Å². The largest absolute Gasteiger partial charge is 0.481 e. The number of carbonyl (C=O) groups excluding carboxylic acids is 1. The molecular weight excluding hydrogens is 412 g/mol. The molecule has 10 heteroatoms. The predicted molar refractivity (Wildman–Crippen MR) is 108 cm³/mol. The van der Waals surface area contributed by atoms with Gasteiger partial charge in [-0.15, -0.1) is 0 Å². The number of hydrogen-bond acceptors (Lipinski definition) is 7. The Bertz CT molecular complexity index is 925. The Morgan fingerprint density at radius 1 is 1.37 bits per heavy atom. The van der Waals surface area contributed by atoms with E-state index in [9.17, 15) is 18.3 Å². The lowest BCUT2D eigenvalue weighted by molar-refractivity contribution is -0.167. The van der Waals surface area contributed by atoms with Gasteiger partial charge in [0.05, 0.1) is 16.6 Å². The Labute approximate surface area is 177 Å². The van der Waals surface area contributed by atoms with Crippen LogP contribution in [0.15, 0.2) is 29.2 Å². The number of rotatable bonds is 5. The summed E-state index contributed by atoms with van der Waals surface area (Å²) in [6.45, 7) is 7.99. The van der Waals surface area contributed by atoms with E-state index in [1.807, 2.05) is 0 Å². The molecule has 1 heterocycles. The van der Waals surface area contributed by atoms with E-state index >= 15 is 0 Å². The molecule has 1 aromatic rings. The molecule has 0 spiro atoms. The van der Waals surface area contributed by atoms with Crippen LogP contribution in [0.25, 0.3) is 0 Å². The zero-order chi connectivity index (χ0) is 22.7. The zero-order valence-electron chi connectivity index (χ0n) is 17.7. The minimum Gasteiger partial charge on any atom is -0.481 e. The van der Waals surface area contributed by atoms with E-state index in [0.717, 1.165) is 4.31 Å². The van der Waals surface area contributed by atoms with Crippen molar-refractivity contribution in [1.29, 1.82) is 0 Å². The first-order chi connectivity index (χ1) is 13.8. The highest BCUT2D eigenvalue weighted by Gasteiger charge is 2.50. The normalized spacial score (nSPS) is 22.0. The fourth-order valence-electron chi connectivity index (χ4n) is 3.29. The van der Waals surface area contributed by atoms with Crippen LogP contribution in [0.2, 0.25) is 0 Å². The van der Waals surface area contributed by atoms with Gasteiger partial charge in [0.15, 0.2) is 0 Å². The molecule has 0 radical (unpaired) electrons. The summed E-state index contributed by atoms with van der Waals surface area (Å²) in [5, 5.41) is 18.7. The highest BCUT2D eigenvalue weighted by Crippen LogP contribution is 2.33. The van der Waals surface area contributed by atoms with Gasteiger partial charge < -0.3 is 14.6 Å². The standard InChI is InChI=1S/C20H28N2O7S/c1-14-13-22(17(18(23)21-25)20(4,5)29-14)30(26,27)16-9-7-15(8-10-16)28-12-6-11-19(2,3)24/h7-10,14,17,24-25H,12-13H2,1-5H3,(H,21,23). The summed E-state index contributed by atoms with van der Waals surface area (Å²) in [4.78, 5) is 12.2. The Hall–Kier alpha value is -2.16. The van der Waals surface area contributed by atoms with E-state index in [1.54, 1.807) is 34.6 Å². The third-order valence-corrected chi connectivity index (χ3v) is 6.23. The summed E-state index contributed by atoms with van der Waals surface area (Å²) >= 11 is 0. The van der Waals surface area contributed by atoms with Gasteiger partial charge in [-0.05, 0) is 58.9 Å². The van der Waals surface area contributed by atoms with Crippen molar-refractivity contribution in [2.24, 2.45) is 0 Å². The molecule has 0 bridgehead atoms. The number of carbonyl (C=O) groups is 1. The lowest BCUT2D eigenvalue weighted by Gasteiger charge is -2.46. The van der Waals surface area contributed by atoms with Gasteiger partial charge in [0.2, 0.25) is 10.0 Å². The van der Waals surface area contributed by atoms with Crippen molar-refractivity contribution in [3.05, 3.63) is 24.3 Å². The fourth-order valence-corrected chi connectivity index (χ4v) is 5.07. The monoisotopic (exact) mass is 440 g/mol. The first kappa shape index (κ1) is 24.1. The second kappa shape index (κ2) is 8.91. The number of benzene rings is 1. The highest BCUT2D eigenvalue weighted by atomic mass is 32.2. The number of nitrogens with zero attached hydrogens (tertiary/aromatic N) is 1. The van der Waals surface area contributed by atoms with Crippen molar-refractivity contribution in [3.63, 3.8) is 0 Å². The molecule has 1 amide bonds. The fraction of sp³-hybridized carbons (Fsp3) is 0.550. The second-order valence-corrected chi connectivity index (χ2v) is 10.00. The minimum atomic E-state index is -4.07. The number of nitrogens with one attached hydrogen (secondary N) is 1. The Morgan fingerprint density at radius 3 is 2.50 bits per heavy atom. The summed E-state index contributed by atoms with van der Waals surface area (Å²) in [5.74, 6) is 4.82. The van der Waals surface area contributed by atoms with Crippen LogP contribution in [-0.2, 0) is 19.6 Å². The quantitative estimate of drug-likeness (QED) is 0.353. The van der Waals surface area contributed by atoms with Crippen molar-refractivity contribution in [1.82, 2.24) is 9.79 Å². The first-order valence-corrected chi connectivity index (χ1v) is 10.8. The second-order valence-electron chi connectivity index (χ2n) is 8.11. The SMILES string of the molecule is CC1CN(S(=O)(=O)c2ccc(OCC#CC(C)(C)O)cc2)C(C(=O)NO)C(C)(C)O1. The number of morpholine rings is 1. The smallest absolute Gasteiger partial charge is 0.264 e. The van der Waals surface area contributed by atoms with Gasteiger partial charge >= 0.3 is 0 Å². The Morgan fingerprint density at radius 2 is 1.97 bits per heavy atom. The third-order valence-electron chi connectivity index (χ3n) is 4.38. The molecule has 0 aliphatic carbocycles. The van der Waals surface area contributed by atoms with Gasteiger partial charge in [0.1, 0.15) is 24.0 Å². The number of ether oxygens (including phenoxy) is 2. The van der Waals surface area contributed by atoms with Gasteiger partial charge in [-0.2, -0.15) is 4.31 Å². The van der Waals surface area contributed by atoms with Gasteiger partial charge in [-0.3, -0.25) is 10.0 Å². The van der Waals surface area contributed by atoms with Crippen molar-refractivity contribution in [2.45, 2.75) is 62.9 Å². The summed E-state index contributed by atoms with van der Waals surface area (Å²) in [6, 6.07) is 4.45. The van der Waals surface area contributed by atoms with E-state index in [4.69, 9.17) is 14.7 Å². The number of hydroxylamine groups is 1. The molecule has 0 saturated carbocycles. The molecule has 166 valence electrons. The molecule has 2 unspecified atom stereocenters. The lowest BCUT2D eigenvalue weighted by atomic mass is 9.95. The van der Waals surface area contributed by atoms with Crippen LogP contribution in [-0.4, -0.2) is 65.4 Å². The third kappa shape index (κ3) is 5.71. The van der Waals surface area contributed by atoms with E-state index in [1.165, 1.54) is 29.7 Å². The maximum atomic E-state index is 13.3. The van der Waals surface area contributed by atoms with E-state index in [-0.39, 0.29) is 18.0 Å². The van der Waals surface area contributed by atoms with Crippen molar-refractivity contribution in [2.75, 3.05) is 13.2 Å². The minimum absolute atomic E-state index is 0.0296. The molecule has 1 aromatic carbocycles. The molecule has 30 heavy (non-hydrogen) atoms. The average molecular weight is 441 g/mol. The number of hydrogen-bond donors (Lipinski definition) is 3. The molecule has 1 aliphatic heterocycles. The van der Waals surface area contributed by atoms with E-state index in [2.05, 4.69) is 11.8 Å². The highest BCUT2D eigenvalue weighted by molar-refractivity contribution is 7.89. The summed E-state index contributed by atoms with van der Waals surface area (Å²) < 4.78 is 38.7. The summed E-state index contributed by atoms with van der Waals surface area (Å²) in [5.41, 5.74) is -0.745. The lowest BCUT2D eigenvalue weighted by Crippen LogP contribution is -2.65. The van der Waals surface area contributed by atoms with Gasteiger partial charge in [-0.1, -0.05) is 11.8 Å². The Balaban J connectivity index is 2.26. The van der Waals surface area contributed by atoms with Crippen LogP contribution in [0.5, 0.6) is 5.75 Å². The first-order valence-electron chi connectivity index (χ1n) is 9.37. The molecule has 9 nitrogen and oxygen atoms in total. The van der Waals surface area contributed by atoms with Crippen LogP contribution >= 0.6 is 0 Å². The van der Waals surface area contributed by atoms with Crippen LogP contribution in [0.4, 0.5) is 0 Å². The van der Waals surface area contributed by atoms with Crippen molar-refractivity contribution < 1.29 is 33.0 Å². The number of aliphatic hydroxyl groups is 1. The van der Waals surface area contributed by atoms with Gasteiger partial charge in [0.25, 0.3) is 5.91 Å². The maximum absolute atomic E-state index is 13.3. The van der Waals surface area contributed by atoms with Crippen molar-refractivity contribution >= 4 is 15.9 Å². The molecule has 1 saturated heterocycles.